The predicted molar refractivity (Wildman–Crippen MR) is 72.7 cm³/mol. The van der Waals surface area contributed by atoms with Crippen LogP contribution in [0.2, 0.25) is 0 Å². The molecule has 0 heterocycles. The number of carbonyl (C=O) groups is 2. The lowest BCUT2D eigenvalue weighted by Crippen LogP contribution is -2.55. The van der Waals surface area contributed by atoms with E-state index in [1.807, 2.05) is 0 Å². The number of carboxylic acid groups (broad SMARTS) is 1. The van der Waals surface area contributed by atoms with E-state index in [0.717, 1.165) is 17.0 Å². The number of carbonyl (C=O) groups excluding carboxylic acids is 1. The summed E-state index contributed by atoms with van der Waals surface area (Å²) in [6.07, 6.45) is 0. The van der Waals surface area contributed by atoms with Crippen molar-refractivity contribution < 1.29 is 23.5 Å². The maximum atomic E-state index is 13.0. The van der Waals surface area contributed by atoms with E-state index < -0.39 is 29.2 Å². The van der Waals surface area contributed by atoms with Gasteiger partial charge in [0.2, 0.25) is 0 Å². The summed E-state index contributed by atoms with van der Waals surface area (Å²) in [5.41, 5.74) is -0.987. The molecule has 0 aliphatic rings. The second-order valence-electron chi connectivity index (χ2n) is 5.02. The third-order valence-electron chi connectivity index (χ3n) is 3.19. The Bertz CT molecular complexity index is 547. The number of amides is 2. The minimum atomic E-state index is -1.37. The molecule has 0 unspecified atom stereocenters. The SMILES string of the molecule is CCN(C(=O)NCc1ccc(F)c(F)c1)C(C)(C)C(=O)O. The Kier molecular flexibility index (Phi) is 5.23. The van der Waals surface area contributed by atoms with Gasteiger partial charge in [-0.05, 0) is 38.5 Å². The van der Waals surface area contributed by atoms with Gasteiger partial charge in [0.05, 0.1) is 0 Å². The minimum Gasteiger partial charge on any atom is -0.480 e. The van der Waals surface area contributed by atoms with Crippen LogP contribution in [0.4, 0.5) is 13.6 Å². The molecule has 0 aliphatic carbocycles. The molecule has 0 aliphatic heterocycles. The number of benzene rings is 1. The molecule has 21 heavy (non-hydrogen) atoms. The maximum absolute atomic E-state index is 13.0. The van der Waals surface area contributed by atoms with Gasteiger partial charge in [0.15, 0.2) is 11.6 Å². The molecule has 0 spiro atoms. The zero-order valence-electron chi connectivity index (χ0n) is 12.1. The highest BCUT2D eigenvalue weighted by Gasteiger charge is 2.36. The molecule has 116 valence electrons. The molecule has 7 heteroatoms. The average molecular weight is 300 g/mol. The van der Waals surface area contributed by atoms with E-state index in [2.05, 4.69) is 5.32 Å². The van der Waals surface area contributed by atoms with Gasteiger partial charge in [0.25, 0.3) is 0 Å². The number of nitrogens with zero attached hydrogens (tertiary/aromatic N) is 1. The third-order valence-corrected chi connectivity index (χ3v) is 3.19. The largest absolute Gasteiger partial charge is 0.480 e. The summed E-state index contributed by atoms with van der Waals surface area (Å²) in [6.45, 7) is 4.65. The van der Waals surface area contributed by atoms with Crippen molar-refractivity contribution in [2.75, 3.05) is 6.54 Å². The molecule has 0 radical (unpaired) electrons. The Morgan fingerprint density at radius 1 is 1.29 bits per heavy atom. The highest BCUT2D eigenvalue weighted by molar-refractivity contribution is 5.85. The molecule has 0 fully saturated rings. The molecule has 0 bridgehead atoms. The number of aliphatic carboxylic acids is 1. The standard InChI is InChI=1S/C14H18F2N2O3/c1-4-18(14(2,3)12(19)20)13(21)17-8-9-5-6-10(15)11(16)7-9/h5-7H,4,8H2,1-3H3,(H,17,21)(H,19,20). The third kappa shape index (κ3) is 3.90. The van der Waals surface area contributed by atoms with E-state index in [4.69, 9.17) is 5.11 Å². The van der Waals surface area contributed by atoms with Crippen LogP contribution in [0.25, 0.3) is 0 Å². The number of nitrogens with one attached hydrogen (secondary N) is 1. The van der Waals surface area contributed by atoms with E-state index >= 15 is 0 Å². The van der Waals surface area contributed by atoms with E-state index in [0.29, 0.717) is 5.56 Å². The number of hydrogen-bond acceptors (Lipinski definition) is 2. The van der Waals surface area contributed by atoms with Crippen LogP contribution in [-0.2, 0) is 11.3 Å². The number of carboxylic acids is 1. The molecule has 2 amide bonds. The normalized spacial score (nSPS) is 11.1. The highest BCUT2D eigenvalue weighted by atomic mass is 19.2. The number of likely N-dealkylation sites (N-methyl/N-ethyl adjacent to an activating group) is 1. The molecule has 1 aromatic rings. The number of rotatable bonds is 5. The van der Waals surface area contributed by atoms with Crippen molar-refractivity contribution in [1.29, 1.82) is 0 Å². The summed E-state index contributed by atoms with van der Waals surface area (Å²) in [5, 5.41) is 11.6. The molecule has 0 saturated heterocycles. The first-order chi connectivity index (χ1) is 9.70. The number of hydrogen-bond donors (Lipinski definition) is 2. The van der Waals surface area contributed by atoms with Gasteiger partial charge in [-0.3, -0.25) is 0 Å². The lowest BCUT2D eigenvalue weighted by molar-refractivity contribution is -0.147. The van der Waals surface area contributed by atoms with Crippen molar-refractivity contribution in [2.24, 2.45) is 0 Å². The lowest BCUT2D eigenvalue weighted by Gasteiger charge is -2.34. The second kappa shape index (κ2) is 6.51. The van der Waals surface area contributed by atoms with Crippen LogP contribution in [0.5, 0.6) is 0 Å². The van der Waals surface area contributed by atoms with Crippen molar-refractivity contribution in [1.82, 2.24) is 10.2 Å². The lowest BCUT2D eigenvalue weighted by atomic mass is 10.0. The van der Waals surface area contributed by atoms with E-state index in [-0.39, 0.29) is 13.1 Å². The van der Waals surface area contributed by atoms with E-state index in [1.54, 1.807) is 6.92 Å². The van der Waals surface area contributed by atoms with Gasteiger partial charge in [-0.25, -0.2) is 18.4 Å². The first kappa shape index (κ1) is 16.9. The monoisotopic (exact) mass is 300 g/mol. The molecule has 0 aromatic heterocycles. The van der Waals surface area contributed by atoms with Gasteiger partial charge >= 0.3 is 12.0 Å². The Hall–Kier alpha value is -2.18. The average Bonchev–Trinajstić information content (AvgIpc) is 2.40. The quantitative estimate of drug-likeness (QED) is 0.877. The highest BCUT2D eigenvalue weighted by Crippen LogP contribution is 2.15. The summed E-state index contributed by atoms with van der Waals surface area (Å²) >= 11 is 0. The molecule has 1 rings (SSSR count). The van der Waals surface area contributed by atoms with E-state index in [9.17, 15) is 18.4 Å². The maximum Gasteiger partial charge on any atom is 0.329 e. The molecular weight excluding hydrogens is 282 g/mol. The van der Waals surface area contributed by atoms with Gasteiger partial charge in [-0.2, -0.15) is 0 Å². The Balaban J connectivity index is 2.75. The smallest absolute Gasteiger partial charge is 0.329 e. The van der Waals surface area contributed by atoms with Crippen LogP contribution in [0.3, 0.4) is 0 Å². The summed E-state index contributed by atoms with van der Waals surface area (Å²) in [4.78, 5) is 24.4. The Morgan fingerprint density at radius 3 is 2.38 bits per heavy atom. The molecule has 0 saturated carbocycles. The fourth-order valence-electron chi connectivity index (χ4n) is 1.83. The molecule has 0 atom stereocenters. The summed E-state index contributed by atoms with van der Waals surface area (Å²) in [5.74, 6) is -3.10. The topological polar surface area (TPSA) is 69.6 Å². The first-order valence-electron chi connectivity index (χ1n) is 6.43. The van der Waals surface area contributed by atoms with Crippen LogP contribution in [0, 0.1) is 11.6 Å². The van der Waals surface area contributed by atoms with Crippen LogP contribution in [0.1, 0.15) is 26.3 Å². The van der Waals surface area contributed by atoms with Crippen molar-refractivity contribution in [3.63, 3.8) is 0 Å². The van der Waals surface area contributed by atoms with Gasteiger partial charge in [0, 0.05) is 13.1 Å². The molecule has 1 aromatic carbocycles. The van der Waals surface area contributed by atoms with Crippen molar-refractivity contribution in [2.45, 2.75) is 32.9 Å². The van der Waals surface area contributed by atoms with Crippen molar-refractivity contribution in [3.05, 3.63) is 35.4 Å². The molecular formula is C14H18F2N2O3. The predicted octanol–water partition coefficient (Wildman–Crippen LogP) is 2.36. The van der Waals surface area contributed by atoms with Gasteiger partial charge in [-0.1, -0.05) is 6.07 Å². The van der Waals surface area contributed by atoms with Crippen molar-refractivity contribution >= 4 is 12.0 Å². The fourth-order valence-corrected chi connectivity index (χ4v) is 1.83. The van der Waals surface area contributed by atoms with Gasteiger partial charge in [0.1, 0.15) is 5.54 Å². The van der Waals surface area contributed by atoms with Crippen LogP contribution < -0.4 is 5.32 Å². The zero-order chi connectivity index (χ0) is 16.2. The minimum absolute atomic E-state index is 0.0256. The summed E-state index contributed by atoms with van der Waals surface area (Å²) in [7, 11) is 0. The molecule has 5 nitrogen and oxygen atoms in total. The van der Waals surface area contributed by atoms with Crippen LogP contribution in [0.15, 0.2) is 18.2 Å². The second-order valence-corrected chi connectivity index (χ2v) is 5.02. The fraction of sp³-hybridized carbons (Fsp3) is 0.429. The van der Waals surface area contributed by atoms with Crippen LogP contribution >= 0.6 is 0 Å². The number of urea groups is 1. The Morgan fingerprint density at radius 2 is 1.90 bits per heavy atom. The Labute approximate surface area is 121 Å². The van der Waals surface area contributed by atoms with Gasteiger partial charge < -0.3 is 15.3 Å². The first-order valence-corrected chi connectivity index (χ1v) is 6.43. The molecule has 2 N–H and O–H groups in total. The summed E-state index contributed by atoms with van der Waals surface area (Å²) < 4.78 is 25.8. The van der Waals surface area contributed by atoms with Gasteiger partial charge in [-0.15, -0.1) is 0 Å². The van der Waals surface area contributed by atoms with E-state index in [1.165, 1.54) is 19.9 Å². The zero-order valence-corrected chi connectivity index (χ0v) is 12.1. The number of halogens is 2. The van der Waals surface area contributed by atoms with Crippen LogP contribution in [-0.4, -0.2) is 34.1 Å². The van der Waals surface area contributed by atoms with Crippen molar-refractivity contribution in [3.8, 4) is 0 Å². The summed E-state index contributed by atoms with van der Waals surface area (Å²) in [6, 6.07) is 2.70.